The second-order valence-electron chi connectivity index (χ2n) is 7.48. The van der Waals surface area contributed by atoms with Gasteiger partial charge < -0.3 is 15.0 Å². The number of aromatic nitrogens is 1. The summed E-state index contributed by atoms with van der Waals surface area (Å²) in [4.78, 5) is 19.2. The lowest BCUT2D eigenvalue weighted by molar-refractivity contribution is -0.0360. The first-order valence-corrected chi connectivity index (χ1v) is 9.98. The van der Waals surface area contributed by atoms with Gasteiger partial charge in [0.25, 0.3) is 0 Å². The van der Waals surface area contributed by atoms with Crippen molar-refractivity contribution in [1.29, 1.82) is 0 Å². The number of hydrogen-bond acceptors (Lipinski definition) is 3. The van der Waals surface area contributed by atoms with E-state index >= 15 is 0 Å². The molecule has 0 radical (unpaired) electrons. The van der Waals surface area contributed by atoms with Crippen LogP contribution in [0, 0.1) is 5.92 Å². The van der Waals surface area contributed by atoms with Gasteiger partial charge in [0.2, 0.25) is 0 Å². The number of nitrogens with zero attached hydrogens (tertiary/aromatic N) is 2. The molecule has 2 unspecified atom stereocenters. The van der Waals surface area contributed by atoms with Crippen molar-refractivity contribution in [3.63, 3.8) is 0 Å². The Labute approximate surface area is 160 Å². The number of ether oxygens (including phenoxy) is 1. The minimum absolute atomic E-state index is 0.0271. The van der Waals surface area contributed by atoms with Gasteiger partial charge in [0.1, 0.15) is 0 Å². The average molecular weight is 365 g/mol. The predicted octanol–water partition coefficient (Wildman–Crippen LogP) is 4.56. The summed E-state index contributed by atoms with van der Waals surface area (Å²) >= 11 is 0. The summed E-state index contributed by atoms with van der Waals surface area (Å²) in [6.07, 6.45) is 7.80. The zero-order valence-electron chi connectivity index (χ0n) is 15.6. The summed E-state index contributed by atoms with van der Waals surface area (Å²) in [7, 11) is 0. The van der Waals surface area contributed by atoms with E-state index in [2.05, 4.69) is 10.3 Å². The Morgan fingerprint density at radius 2 is 2.00 bits per heavy atom. The van der Waals surface area contributed by atoms with Crippen LogP contribution in [-0.4, -0.2) is 41.7 Å². The van der Waals surface area contributed by atoms with Crippen LogP contribution in [0.3, 0.4) is 0 Å². The Kier molecular flexibility index (Phi) is 5.68. The van der Waals surface area contributed by atoms with Crippen LogP contribution >= 0.6 is 0 Å². The van der Waals surface area contributed by atoms with Gasteiger partial charge in [0, 0.05) is 43.1 Å². The maximum absolute atomic E-state index is 12.8. The first-order valence-electron chi connectivity index (χ1n) is 9.98. The highest BCUT2D eigenvalue weighted by Gasteiger charge is 2.31. The van der Waals surface area contributed by atoms with Crippen LogP contribution in [0.15, 0.2) is 48.7 Å². The van der Waals surface area contributed by atoms with Crippen molar-refractivity contribution in [2.45, 2.75) is 38.2 Å². The summed E-state index contributed by atoms with van der Waals surface area (Å²) in [6, 6.07) is 13.8. The number of carbonyl (C=O) groups is 1. The molecular weight excluding hydrogens is 338 g/mol. The third-order valence-corrected chi connectivity index (χ3v) is 5.57. The molecule has 3 heterocycles. The zero-order valence-corrected chi connectivity index (χ0v) is 15.6. The fourth-order valence-corrected chi connectivity index (χ4v) is 4.11. The molecule has 5 nitrogen and oxygen atoms in total. The normalized spacial score (nSPS) is 23.0. The van der Waals surface area contributed by atoms with Crippen molar-refractivity contribution in [1.82, 2.24) is 9.88 Å². The number of benzene rings is 1. The quantitative estimate of drug-likeness (QED) is 0.867. The van der Waals surface area contributed by atoms with Gasteiger partial charge in [-0.25, -0.2) is 4.79 Å². The van der Waals surface area contributed by atoms with E-state index in [-0.39, 0.29) is 6.03 Å². The molecule has 0 bridgehead atoms. The Balaban J connectivity index is 1.40. The number of nitrogens with one attached hydrogen (secondary N) is 1. The monoisotopic (exact) mass is 365 g/mol. The standard InChI is InChI=1S/C22H27N3O2/c26-22(25-13-6-9-18(16-25)21-10-4-5-14-27-21)24-19-11-12-23-20(15-19)17-7-2-1-3-8-17/h1-3,7-8,11-12,15,18,21H,4-6,9-10,13-14,16H2,(H,23,24,26). The van der Waals surface area contributed by atoms with E-state index in [9.17, 15) is 4.79 Å². The number of piperidine rings is 1. The van der Waals surface area contributed by atoms with Gasteiger partial charge in [-0.3, -0.25) is 4.98 Å². The molecule has 142 valence electrons. The second-order valence-corrected chi connectivity index (χ2v) is 7.48. The highest BCUT2D eigenvalue weighted by molar-refractivity contribution is 5.90. The zero-order chi connectivity index (χ0) is 18.5. The maximum Gasteiger partial charge on any atom is 0.321 e. The molecule has 2 aromatic rings. The summed E-state index contributed by atoms with van der Waals surface area (Å²) in [5, 5.41) is 3.05. The molecule has 0 spiro atoms. The lowest BCUT2D eigenvalue weighted by Crippen LogP contribution is -2.46. The van der Waals surface area contributed by atoms with E-state index in [1.165, 1.54) is 12.8 Å². The fourth-order valence-electron chi connectivity index (χ4n) is 4.11. The molecule has 0 saturated carbocycles. The van der Waals surface area contributed by atoms with Crippen molar-refractivity contribution in [2.75, 3.05) is 25.0 Å². The van der Waals surface area contributed by atoms with Crippen molar-refractivity contribution in [3.8, 4) is 11.3 Å². The Bertz CT molecular complexity index is 759. The van der Waals surface area contributed by atoms with Crippen LogP contribution < -0.4 is 5.32 Å². The van der Waals surface area contributed by atoms with Gasteiger partial charge in [0.05, 0.1) is 11.8 Å². The Hall–Kier alpha value is -2.40. The minimum Gasteiger partial charge on any atom is -0.378 e. The van der Waals surface area contributed by atoms with E-state index in [1.54, 1.807) is 6.20 Å². The van der Waals surface area contributed by atoms with Crippen molar-refractivity contribution >= 4 is 11.7 Å². The van der Waals surface area contributed by atoms with Gasteiger partial charge in [0.15, 0.2) is 0 Å². The molecule has 4 rings (SSSR count). The van der Waals surface area contributed by atoms with E-state index in [0.29, 0.717) is 12.0 Å². The molecule has 0 aliphatic carbocycles. The third kappa shape index (κ3) is 4.48. The van der Waals surface area contributed by atoms with E-state index in [0.717, 1.165) is 55.9 Å². The fraction of sp³-hybridized carbons (Fsp3) is 0.455. The van der Waals surface area contributed by atoms with Gasteiger partial charge in [-0.05, 0) is 44.2 Å². The van der Waals surface area contributed by atoms with Gasteiger partial charge in [-0.15, -0.1) is 0 Å². The Morgan fingerprint density at radius 3 is 2.81 bits per heavy atom. The van der Waals surface area contributed by atoms with Crippen LogP contribution in [-0.2, 0) is 4.74 Å². The van der Waals surface area contributed by atoms with Crippen LogP contribution in [0.4, 0.5) is 10.5 Å². The molecule has 5 heteroatoms. The molecular formula is C22H27N3O2. The van der Waals surface area contributed by atoms with Crippen molar-refractivity contribution in [2.24, 2.45) is 5.92 Å². The van der Waals surface area contributed by atoms with E-state index in [1.807, 2.05) is 47.4 Å². The highest BCUT2D eigenvalue weighted by Crippen LogP contribution is 2.28. The topological polar surface area (TPSA) is 54.5 Å². The van der Waals surface area contributed by atoms with Gasteiger partial charge in [-0.2, -0.15) is 0 Å². The third-order valence-electron chi connectivity index (χ3n) is 5.57. The molecule has 1 N–H and O–H groups in total. The van der Waals surface area contributed by atoms with Crippen molar-refractivity contribution in [3.05, 3.63) is 48.7 Å². The average Bonchev–Trinajstić information content (AvgIpc) is 2.75. The number of amides is 2. The van der Waals surface area contributed by atoms with Gasteiger partial charge in [-0.1, -0.05) is 30.3 Å². The van der Waals surface area contributed by atoms with E-state index in [4.69, 9.17) is 4.74 Å². The maximum atomic E-state index is 12.8. The summed E-state index contributed by atoms with van der Waals surface area (Å²) < 4.78 is 5.96. The summed E-state index contributed by atoms with van der Waals surface area (Å²) in [5.74, 6) is 0.460. The molecule has 1 aromatic heterocycles. The number of likely N-dealkylation sites (tertiary alicyclic amines) is 1. The number of carbonyl (C=O) groups excluding carboxylic acids is 1. The van der Waals surface area contributed by atoms with Gasteiger partial charge >= 0.3 is 6.03 Å². The number of rotatable bonds is 3. The smallest absolute Gasteiger partial charge is 0.321 e. The Morgan fingerprint density at radius 1 is 1.11 bits per heavy atom. The summed E-state index contributed by atoms with van der Waals surface area (Å²) in [6.45, 7) is 2.46. The van der Waals surface area contributed by atoms with Crippen LogP contribution in [0.1, 0.15) is 32.1 Å². The second kappa shape index (κ2) is 8.53. The van der Waals surface area contributed by atoms with Crippen molar-refractivity contribution < 1.29 is 9.53 Å². The molecule has 2 saturated heterocycles. The molecule has 1 aromatic carbocycles. The first kappa shape index (κ1) is 18.0. The molecule has 27 heavy (non-hydrogen) atoms. The molecule has 2 amide bonds. The number of anilines is 1. The molecule has 2 fully saturated rings. The van der Waals surface area contributed by atoms with Crippen LogP contribution in [0.2, 0.25) is 0 Å². The minimum atomic E-state index is -0.0271. The van der Waals surface area contributed by atoms with Crippen LogP contribution in [0.5, 0.6) is 0 Å². The summed E-state index contributed by atoms with van der Waals surface area (Å²) in [5.41, 5.74) is 2.69. The lowest BCUT2D eigenvalue weighted by atomic mass is 9.88. The van der Waals surface area contributed by atoms with Crippen LogP contribution in [0.25, 0.3) is 11.3 Å². The van der Waals surface area contributed by atoms with E-state index < -0.39 is 0 Å². The first-order chi connectivity index (χ1) is 13.3. The largest absolute Gasteiger partial charge is 0.378 e. The number of urea groups is 1. The SMILES string of the molecule is O=C(Nc1ccnc(-c2ccccc2)c1)N1CCCC(C2CCCCO2)C1. The molecule has 2 aliphatic heterocycles. The number of pyridine rings is 1. The highest BCUT2D eigenvalue weighted by atomic mass is 16.5. The molecule has 2 atom stereocenters. The molecule has 2 aliphatic rings. The number of hydrogen-bond donors (Lipinski definition) is 1. The predicted molar refractivity (Wildman–Crippen MR) is 107 cm³/mol. The lowest BCUT2D eigenvalue weighted by Gasteiger charge is -2.38.